The van der Waals surface area contributed by atoms with Gasteiger partial charge in [0.25, 0.3) is 0 Å². The van der Waals surface area contributed by atoms with Crippen LogP contribution in [-0.4, -0.2) is 26.9 Å². The van der Waals surface area contributed by atoms with E-state index in [9.17, 15) is 0 Å². The second-order valence-corrected chi connectivity index (χ2v) is 8.85. The lowest BCUT2D eigenvalue weighted by Crippen LogP contribution is -2.15. The molecule has 1 saturated carbocycles. The number of thiazole rings is 1. The summed E-state index contributed by atoms with van der Waals surface area (Å²) in [7, 11) is 1.69. The highest BCUT2D eigenvalue weighted by molar-refractivity contribution is 7.98. The molecule has 0 N–H and O–H groups in total. The fourth-order valence-electron chi connectivity index (χ4n) is 3.59. The highest BCUT2D eigenvalue weighted by Gasteiger charge is 2.24. The lowest BCUT2D eigenvalue weighted by atomic mass is 9.95. The van der Waals surface area contributed by atoms with Gasteiger partial charge in [0.15, 0.2) is 11.0 Å². The van der Waals surface area contributed by atoms with Crippen LogP contribution in [0.2, 0.25) is 0 Å². The van der Waals surface area contributed by atoms with Crippen molar-refractivity contribution in [2.24, 2.45) is 0 Å². The summed E-state index contributed by atoms with van der Waals surface area (Å²) in [6.07, 6.45) is 6.28. The first-order chi connectivity index (χ1) is 13.2. The van der Waals surface area contributed by atoms with Gasteiger partial charge in [-0.2, -0.15) is 0 Å². The van der Waals surface area contributed by atoms with Gasteiger partial charge in [0.05, 0.1) is 17.8 Å². The van der Waals surface area contributed by atoms with Crippen molar-refractivity contribution >= 4 is 23.1 Å². The molecule has 0 radical (unpaired) electrons. The van der Waals surface area contributed by atoms with E-state index in [1.165, 1.54) is 32.1 Å². The summed E-state index contributed by atoms with van der Waals surface area (Å²) >= 11 is 3.44. The van der Waals surface area contributed by atoms with Crippen LogP contribution < -0.4 is 4.74 Å². The molecule has 0 spiro atoms. The van der Waals surface area contributed by atoms with Crippen molar-refractivity contribution in [1.82, 2.24) is 19.7 Å². The van der Waals surface area contributed by atoms with Gasteiger partial charge in [-0.1, -0.05) is 31.0 Å². The molecule has 1 fully saturated rings. The van der Waals surface area contributed by atoms with Crippen molar-refractivity contribution in [2.45, 2.75) is 56.0 Å². The standard InChI is InChI=1S/C20H24N4OS2/c1-14-21-16(12-26-14)13-27-20-23-22-19(15-8-10-18(25-2)11-9-15)24(20)17-6-4-3-5-7-17/h8-12,17H,3-7,13H2,1-2H3. The molecule has 0 atom stereocenters. The van der Waals surface area contributed by atoms with E-state index in [4.69, 9.17) is 4.74 Å². The van der Waals surface area contributed by atoms with Crippen LogP contribution in [0.4, 0.5) is 0 Å². The zero-order chi connectivity index (χ0) is 18.6. The predicted octanol–water partition coefficient (Wildman–Crippen LogP) is 5.52. The highest BCUT2D eigenvalue weighted by Crippen LogP contribution is 2.36. The average Bonchev–Trinajstić information content (AvgIpc) is 3.33. The molecule has 1 aliphatic rings. The quantitative estimate of drug-likeness (QED) is 0.510. The van der Waals surface area contributed by atoms with E-state index in [-0.39, 0.29) is 0 Å². The first kappa shape index (κ1) is 18.5. The third-order valence-corrected chi connectivity index (χ3v) is 6.77. The van der Waals surface area contributed by atoms with Gasteiger partial charge in [-0.05, 0) is 44.0 Å². The van der Waals surface area contributed by atoms with Gasteiger partial charge in [0, 0.05) is 22.7 Å². The Hall–Kier alpha value is -1.86. The van der Waals surface area contributed by atoms with Crippen molar-refractivity contribution in [2.75, 3.05) is 7.11 Å². The van der Waals surface area contributed by atoms with Gasteiger partial charge in [0.2, 0.25) is 0 Å². The van der Waals surface area contributed by atoms with Crippen LogP contribution in [0.25, 0.3) is 11.4 Å². The second-order valence-electron chi connectivity index (χ2n) is 6.84. The summed E-state index contributed by atoms with van der Waals surface area (Å²) in [5.41, 5.74) is 2.21. The molecule has 0 aliphatic heterocycles. The largest absolute Gasteiger partial charge is 0.497 e. The third kappa shape index (κ3) is 4.19. The zero-order valence-corrected chi connectivity index (χ0v) is 17.4. The molecule has 2 heterocycles. The summed E-state index contributed by atoms with van der Waals surface area (Å²) in [5, 5.41) is 13.4. The first-order valence-corrected chi connectivity index (χ1v) is 11.2. The van der Waals surface area contributed by atoms with Crippen LogP contribution in [0.15, 0.2) is 34.8 Å². The smallest absolute Gasteiger partial charge is 0.192 e. The van der Waals surface area contributed by atoms with E-state index >= 15 is 0 Å². The van der Waals surface area contributed by atoms with Crippen LogP contribution in [0.1, 0.15) is 48.8 Å². The molecule has 27 heavy (non-hydrogen) atoms. The predicted molar refractivity (Wildman–Crippen MR) is 111 cm³/mol. The van der Waals surface area contributed by atoms with E-state index in [1.54, 1.807) is 30.2 Å². The maximum absolute atomic E-state index is 5.29. The molecular formula is C20H24N4OS2. The van der Waals surface area contributed by atoms with Crippen molar-refractivity contribution in [3.05, 3.63) is 40.3 Å². The molecule has 0 saturated heterocycles. The number of benzene rings is 1. The van der Waals surface area contributed by atoms with Gasteiger partial charge in [-0.15, -0.1) is 21.5 Å². The molecule has 4 rings (SSSR count). The topological polar surface area (TPSA) is 52.8 Å². The van der Waals surface area contributed by atoms with Crippen LogP contribution >= 0.6 is 23.1 Å². The zero-order valence-electron chi connectivity index (χ0n) is 15.7. The summed E-state index contributed by atoms with van der Waals surface area (Å²) in [4.78, 5) is 4.58. The number of rotatable bonds is 6. The van der Waals surface area contributed by atoms with Crippen molar-refractivity contribution in [3.8, 4) is 17.1 Å². The summed E-state index contributed by atoms with van der Waals surface area (Å²) in [6.45, 7) is 2.05. The molecule has 5 nitrogen and oxygen atoms in total. The maximum atomic E-state index is 5.29. The Balaban J connectivity index is 1.64. The van der Waals surface area contributed by atoms with E-state index < -0.39 is 0 Å². The minimum absolute atomic E-state index is 0.477. The molecule has 3 aromatic rings. The number of hydrogen-bond donors (Lipinski definition) is 0. The molecule has 1 aromatic carbocycles. The molecule has 0 amide bonds. The Morgan fingerprint density at radius 2 is 1.93 bits per heavy atom. The number of nitrogens with zero attached hydrogens (tertiary/aromatic N) is 4. The summed E-state index contributed by atoms with van der Waals surface area (Å²) < 4.78 is 7.66. The molecule has 7 heteroatoms. The number of hydrogen-bond acceptors (Lipinski definition) is 6. The van der Waals surface area contributed by atoms with Gasteiger partial charge in [-0.3, -0.25) is 4.57 Å². The number of aromatic nitrogens is 4. The first-order valence-electron chi connectivity index (χ1n) is 9.37. The normalized spacial score (nSPS) is 15.2. The van der Waals surface area contributed by atoms with Crippen molar-refractivity contribution < 1.29 is 4.74 Å². The Labute approximate surface area is 168 Å². The number of aryl methyl sites for hydroxylation is 1. The van der Waals surface area contributed by atoms with Gasteiger partial charge in [-0.25, -0.2) is 4.98 Å². The molecule has 1 aliphatic carbocycles. The van der Waals surface area contributed by atoms with E-state index in [1.807, 2.05) is 19.1 Å². The van der Waals surface area contributed by atoms with Gasteiger partial charge < -0.3 is 4.74 Å². The minimum Gasteiger partial charge on any atom is -0.497 e. The van der Waals surface area contributed by atoms with E-state index in [2.05, 4.69) is 37.3 Å². The monoisotopic (exact) mass is 400 g/mol. The molecular weight excluding hydrogens is 376 g/mol. The Bertz CT molecular complexity index is 882. The lowest BCUT2D eigenvalue weighted by Gasteiger charge is -2.25. The lowest BCUT2D eigenvalue weighted by molar-refractivity contribution is 0.339. The van der Waals surface area contributed by atoms with Gasteiger partial charge in [0.1, 0.15) is 5.75 Å². The van der Waals surface area contributed by atoms with Crippen LogP contribution in [-0.2, 0) is 5.75 Å². The van der Waals surface area contributed by atoms with Crippen LogP contribution in [0, 0.1) is 6.92 Å². The van der Waals surface area contributed by atoms with Crippen LogP contribution in [0.5, 0.6) is 5.75 Å². The fraction of sp³-hybridized carbons (Fsp3) is 0.450. The summed E-state index contributed by atoms with van der Waals surface area (Å²) in [5.74, 6) is 2.65. The second kappa shape index (κ2) is 8.44. The van der Waals surface area contributed by atoms with Gasteiger partial charge >= 0.3 is 0 Å². The summed E-state index contributed by atoms with van der Waals surface area (Å²) in [6, 6.07) is 8.59. The Morgan fingerprint density at radius 3 is 2.59 bits per heavy atom. The van der Waals surface area contributed by atoms with Crippen LogP contribution in [0.3, 0.4) is 0 Å². The number of methoxy groups -OCH3 is 1. The molecule has 2 aromatic heterocycles. The molecule has 0 bridgehead atoms. The highest BCUT2D eigenvalue weighted by atomic mass is 32.2. The maximum Gasteiger partial charge on any atom is 0.192 e. The van der Waals surface area contributed by atoms with Crippen molar-refractivity contribution in [3.63, 3.8) is 0 Å². The van der Waals surface area contributed by atoms with E-state index in [0.717, 1.165) is 38.7 Å². The Morgan fingerprint density at radius 1 is 1.15 bits per heavy atom. The third-order valence-electron chi connectivity index (χ3n) is 4.97. The van der Waals surface area contributed by atoms with Crippen molar-refractivity contribution in [1.29, 1.82) is 0 Å². The number of thioether (sulfide) groups is 1. The molecule has 142 valence electrons. The Kier molecular flexibility index (Phi) is 5.78. The van der Waals surface area contributed by atoms with E-state index in [0.29, 0.717) is 6.04 Å². The molecule has 0 unspecified atom stereocenters. The fourth-order valence-corrected chi connectivity index (χ4v) is 5.21. The minimum atomic E-state index is 0.477. The average molecular weight is 401 g/mol. The SMILES string of the molecule is COc1ccc(-c2nnc(SCc3csc(C)n3)n2C2CCCCC2)cc1. The number of ether oxygens (including phenoxy) is 1.